The van der Waals surface area contributed by atoms with Gasteiger partial charge >= 0.3 is 0 Å². The normalized spacial score (nSPS) is 11.5. The molecule has 1 aromatic carbocycles. The van der Waals surface area contributed by atoms with Gasteiger partial charge in [0.1, 0.15) is 6.54 Å². The minimum atomic E-state index is -0.0343. The molecule has 2 N–H and O–H groups in total. The summed E-state index contributed by atoms with van der Waals surface area (Å²) in [6, 6.07) is 13.5. The highest BCUT2D eigenvalue weighted by Gasteiger charge is 2.08. The lowest BCUT2D eigenvalue weighted by Crippen LogP contribution is -2.43. The highest BCUT2D eigenvalue weighted by Crippen LogP contribution is 2.19. The first-order chi connectivity index (χ1) is 14.5. The fourth-order valence-corrected chi connectivity index (χ4v) is 3.40. The van der Waals surface area contributed by atoms with E-state index >= 15 is 0 Å². The van der Waals surface area contributed by atoms with Crippen molar-refractivity contribution in [3.8, 4) is 0 Å². The fraction of sp³-hybridized carbons (Fsp3) is 0.300. The maximum Gasteiger partial charge on any atom is 0.241 e. The van der Waals surface area contributed by atoms with Crippen molar-refractivity contribution >= 4 is 40.9 Å². The summed E-state index contributed by atoms with van der Waals surface area (Å²) >= 11 is 7.64. The lowest BCUT2D eigenvalue weighted by atomic mass is 10.4. The summed E-state index contributed by atoms with van der Waals surface area (Å²) < 4.78 is 1.89. The van der Waals surface area contributed by atoms with E-state index in [2.05, 4.69) is 25.8 Å². The third-order valence-corrected chi connectivity index (χ3v) is 5.41. The largest absolute Gasteiger partial charge is 0.356 e. The second-order valence-corrected chi connectivity index (χ2v) is 8.19. The van der Waals surface area contributed by atoms with E-state index in [9.17, 15) is 4.79 Å². The van der Waals surface area contributed by atoms with Gasteiger partial charge in [-0.05, 0) is 36.4 Å². The Morgan fingerprint density at radius 3 is 2.73 bits per heavy atom. The Kier molecular flexibility index (Phi) is 7.92. The summed E-state index contributed by atoms with van der Waals surface area (Å²) in [6.45, 7) is 1.17. The van der Waals surface area contributed by atoms with Crippen molar-refractivity contribution in [3.63, 3.8) is 0 Å². The molecule has 10 heteroatoms. The topological polar surface area (TPSA) is 86.9 Å². The van der Waals surface area contributed by atoms with E-state index in [0.29, 0.717) is 19.0 Å². The van der Waals surface area contributed by atoms with Gasteiger partial charge in [0.15, 0.2) is 17.4 Å². The molecule has 2 heterocycles. The van der Waals surface area contributed by atoms with Crippen LogP contribution in [-0.2, 0) is 11.3 Å². The molecule has 0 aliphatic carbocycles. The van der Waals surface area contributed by atoms with Crippen LogP contribution in [0.25, 0.3) is 5.65 Å². The quantitative estimate of drug-likeness (QED) is 0.239. The van der Waals surface area contributed by atoms with E-state index in [-0.39, 0.29) is 12.5 Å². The number of halogens is 1. The molecule has 0 aliphatic heterocycles. The third kappa shape index (κ3) is 6.36. The molecule has 0 bridgehead atoms. The van der Waals surface area contributed by atoms with E-state index in [1.807, 2.05) is 53.1 Å². The Balaban J connectivity index is 1.59. The first kappa shape index (κ1) is 21.9. The standard InChI is InChI=1S/C20H24ClN7OS/c1-27(2)19(29)14-24-20(22-10-12-30-16-8-6-15(21)7-9-16)23-13-18-26-25-17-5-3-4-11-28(17)18/h3-9,11H,10,12-14H2,1-2H3,(H2,22,23,24). The van der Waals surface area contributed by atoms with E-state index in [0.717, 1.165) is 27.1 Å². The molecule has 0 radical (unpaired) electrons. The van der Waals surface area contributed by atoms with Crippen LogP contribution in [0.2, 0.25) is 5.02 Å². The number of carbonyl (C=O) groups is 1. The lowest BCUT2D eigenvalue weighted by Gasteiger charge is -2.15. The van der Waals surface area contributed by atoms with Gasteiger partial charge < -0.3 is 15.5 Å². The SMILES string of the molecule is CN(C)C(=O)CNC(=NCc1nnc2ccccn12)NCCSc1ccc(Cl)cc1. The molecule has 158 valence electrons. The van der Waals surface area contributed by atoms with E-state index in [1.54, 1.807) is 25.9 Å². The summed E-state index contributed by atoms with van der Waals surface area (Å²) in [4.78, 5) is 19.2. The fourth-order valence-electron chi connectivity index (χ4n) is 2.51. The number of aromatic nitrogens is 3. The van der Waals surface area contributed by atoms with Gasteiger partial charge in [-0.1, -0.05) is 17.7 Å². The third-order valence-electron chi connectivity index (χ3n) is 4.15. The van der Waals surface area contributed by atoms with Crippen molar-refractivity contribution < 1.29 is 4.79 Å². The van der Waals surface area contributed by atoms with Gasteiger partial charge in [-0.15, -0.1) is 22.0 Å². The summed E-state index contributed by atoms with van der Waals surface area (Å²) in [5, 5.41) is 15.4. The van der Waals surface area contributed by atoms with Crippen LogP contribution < -0.4 is 10.6 Å². The van der Waals surface area contributed by atoms with Crippen molar-refractivity contribution in [1.29, 1.82) is 0 Å². The molecule has 0 saturated heterocycles. The second kappa shape index (κ2) is 10.8. The van der Waals surface area contributed by atoms with Crippen LogP contribution in [0.3, 0.4) is 0 Å². The molecule has 3 aromatic rings. The van der Waals surface area contributed by atoms with Crippen molar-refractivity contribution in [2.45, 2.75) is 11.4 Å². The number of rotatable bonds is 8. The smallest absolute Gasteiger partial charge is 0.241 e. The average Bonchev–Trinajstić information content (AvgIpc) is 3.16. The Morgan fingerprint density at radius 2 is 1.97 bits per heavy atom. The number of nitrogens with zero attached hydrogens (tertiary/aromatic N) is 5. The molecular weight excluding hydrogens is 422 g/mol. The number of hydrogen-bond donors (Lipinski definition) is 2. The van der Waals surface area contributed by atoms with Crippen LogP contribution in [0.5, 0.6) is 0 Å². The number of likely N-dealkylation sites (N-methyl/N-ethyl adjacent to an activating group) is 1. The van der Waals surface area contributed by atoms with E-state index in [1.165, 1.54) is 4.90 Å². The number of amides is 1. The monoisotopic (exact) mass is 445 g/mol. The number of pyridine rings is 1. The van der Waals surface area contributed by atoms with Crippen molar-refractivity contribution in [1.82, 2.24) is 30.1 Å². The summed E-state index contributed by atoms with van der Waals surface area (Å²) in [5.41, 5.74) is 0.771. The van der Waals surface area contributed by atoms with Crippen molar-refractivity contribution in [2.75, 3.05) is 32.9 Å². The second-order valence-electron chi connectivity index (χ2n) is 6.58. The highest BCUT2D eigenvalue weighted by atomic mass is 35.5. The van der Waals surface area contributed by atoms with Gasteiger partial charge in [0.25, 0.3) is 0 Å². The van der Waals surface area contributed by atoms with Crippen LogP contribution in [0.15, 0.2) is 58.5 Å². The molecule has 0 atom stereocenters. The molecule has 0 unspecified atom stereocenters. The number of nitrogens with one attached hydrogen (secondary N) is 2. The zero-order valence-electron chi connectivity index (χ0n) is 16.9. The molecule has 8 nitrogen and oxygen atoms in total. The molecule has 0 spiro atoms. The van der Waals surface area contributed by atoms with Gasteiger partial charge in [0.05, 0.1) is 6.54 Å². The first-order valence-electron chi connectivity index (χ1n) is 9.42. The average molecular weight is 446 g/mol. The number of fused-ring (bicyclic) bond motifs is 1. The zero-order chi connectivity index (χ0) is 21.3. The minimum Gasteiger partial charge on any atom is -0.356 e. The molecule has 1 amide bonds. The van der Waals surface area contributed by atoms with E-state index < -0.39 is 0 Å². The molecule has 3 rings (SSSR count). The number of guanidine groups is 1. The first-order valence-corrected chi connectivity index (χ1v) is 10.8. The molecular formula is C20H24ClN7OS. The lowest BCUT2D eigenvalue weighted by molar-refractivity contribution is -0.127. The van der Waals surface area contributed by atoms with Crippen LogP contribution >= 0.6 is 23.4 Å². The van der Waals surface area contributed by atoms with Crippen LogP contribution in [0.1, 0.15) is 5.82 Å². The predicted molar refractivity (Wildman–Crippen MR) is 121 cm³/mol. The maximum atomic E-state index is 11.9. The molecule has 0 fully saturated rings. The number of hydrogen-bond acceptors (Lipinski definition) is 5. The number of aliphatic imine (C=N–C) groups is 1. The number of thioether (sulfide) groups is 1. The molecule has 2 aromatic heterocycles. The number of benzene rings is 1. The Labute approximate surface area is 184 Å². The van der Waals surface area contributed by atoms with Crippen LogP contribution in [0.4, 0.5) is 0 Å². The minimum absolute atomic E-state index is 0.0343. The van der Waals surface area contributed by atoms with Gasteiger partial charge in [-0.2, -0.15) is 0 Å². The van der Waals surface area contributed by atoms with Gasteiger partial charge in [-0.3, -0.25) is 9.20 Å². The molecule has 0 saturated carbocycles. The van der Waals surface area contributed by atoms with Gasteiger partial charge in [0.2, 0.25) is 5.91 Å². The summed E-state index contributed by atoms with van der Waals surface area (Å²) in [5.74, 6) is 2.07. The summed E-state index contributed by atoms with van der Waals surface area (Å²) in [6.07, 6.45) is 1.90. The summed E-state index contributed by atoms with van der Waals surface area (Å²) in [7, 11) is 3.44. The zero-order valence-corrected chi connectivity index (χ0v) is 18.5. The van der Waals surface area contributed by atoms with Crippen molar-refractivity contribution in [3.05, 3.63) is 59.5 Å². The molecule has 30 heavy (non-hydrogen) atoms. The predicted octanol–water partition coefficient (Wildman–Crippen LogP) is 2.30. The Morgan fingerprint density at radius 1 is 1.17 bits per heavy atom. The van der Waals surface area contributed by atoms with Crippen molar-refractivity contribution in [2.24, 2.45) is 4.99 Å². The maximum absolute atomic E-state index is 11.9. The Hall–Kier alpha value is -2.78. The van der Waals surface area contributed by atoms with Crippen LogP contribution in [0, 0.1) is 0 Å². The van der Waals surface area contributed by atoms with Gasteiger partial charge in [0, 0.05) is 42.5 Å². The van der Waals surface area contributed by atoms with Gasteiger partial charge in [-0.25, -0.2) is 4.99 Å². The molecule has 0 aliphatic rings. The van der Waals surface area contributed by atoms with E-state index in [4.69, 9.17) is 11.6 Å². The van der Waals surface area contributed by atoms with Crippen LogP contribution in [-0.4, -0.2) is 64.3 Å². The highest BCUT2D eigenvalue weighted by molar-refractivity contribution is 7.99. The Bertz CT molecular complexity index is 1000. The number of carbonyl (C=O) groups excluding carboxylic acids is 1.